The van der Waals surface area contributed by atoms with Crippen LogP contribution in [0, 0.1) is 0 Å². The normalized spacial score (nSPS) is 17.3. The number of hydrogen-bond acceptors (Lipinski definition) is 4. The fourth-order valence-electron chi connectivity index (χ4n) is 2.58. The van der Waals surface area contributed by atoms with Crippen LogP contribution in [0.1, 0.15) is 26.3 Å². The van der Waals surface area contributed by atoms with Gasteiger partial charge in [0.05, 0.1) is 11.4 Å². The van der Waals surface area contributed by atoms with E-state index in [-0.39, 0.29) is 23.0 Å². The summed E-state index contributed by atoms with van der Waals surface area (Å²) in [6, 6.07) is 14.3. The fraction of sp³-hybridized carbons (Fsp3) is 0.368. The van der Waals surface area contributed by atoms with Gasteiger partial charge in [0.2, 0.25) is 10.0 Å². The zero-order chi connectivity index (χ0) is 18.1. The van der Waals surface area contributed by atoms with Gasteiger partial charge in [0.15, 0.2) is 11.5 Å². The number of para-hydroxylation sites is 2. The van der Waals surface area contributed by atoms with Gasteiger partial charge in [-0.1, -0.05) is 45.0 Å². The topological polar surface area (TPSA) is 64.6 Å². The van der Waals surface area contributed by atoms with E-state index < -0.39 is 10.0 Å². The minimum Gasteiger partial charge on any atom is -0.486 e. The van der Waals surface area contributed by atoms with Gasteiger partial charge in [-0.15, -0.1) is 0 Å². The summed E-state index contributed by atoms with van der Waals surface area (Å²) < 4.78 is 38.9. The molecular formula is C19H23NO4S. The molecule has 1 heterocycles. The van der Waals surface area contributed by atoms with Gasteiger partial charge in [-0.25, -0.2) is 13.1 Å². The van der Waals surface area contributed by atoms with E-state index in [0.29, 0.717) is 18.1 Å². The van der Waals surface area contributed by atoms with Crippen molar-refractivity contribution in [1.29, 1.82) is 0 Å². The van der Waals surface area contributed by atoms with E-state index in [0.717, 1.165) is 5.56 Å². The second kappa shape index (κ2) is 6.69. The molecule has 0 spiro atoms. The first-order chi connectivity index (χ1) is 11.8. The molecule has 0 aliphatic carbocycles. The monoisotopic (exact) mass is 361 g/mol. The highest BCUT2D eigenvalue weighted by atomic mass is 32.2. The highest BCUT2D eigenvalue weighted by Crippen LogP contribution is 2.30. The summed E-state index contributed by atoms with van der Waals surface area (Å²) in [6.07, 6.45) is -0.362. The van der Waals surface area contributed by atoms with Crippen molar-refractivity contribution >= 4 is 10.0 Å². The lowest BCUT2D eigenvalue weighted by Gasteiger charge is -2.26. The number of sulfonamides is 1. The molecule has 0 radical (unpaired) electrons. The van der Waals surface area contributed by atoms with Crippen molar-refractivity contribution in [1.82, 2.24) is 4.72 Å². The lowest BCUT2D eigenvalue weighted by atomic mass is 9.87. The Bertz CT molecular complexity index is 838. The molecule has 0 saturated heterocycles. The van der Waals surface area contributed by atoms with E-state index in [4.69, 9.17) is 9.47 Å². The van der Waals surface area contributed by atoms with Gasteiger partial charge < -0.3 is 9.47 Å². The Morgan fingerprint density at radius 1 is 1.04 bits per heavy atom. The molecule has 0 aromatic heterocycles. The molecule has 2 aromatic rings. The summed E-state index contributed by atoms with van der Waals surface area (Å²) in [5, 5.41) is 0. The second-order valence-electron chi connectivity index (χ2n) is 7.12. The molecule has 1 N–H and O–H groups in total. The van der Waals surface area contributed by atoms with Crippen LogP contribution in [0.3, 0.4) is 0 Å². The fourth-order valence-corrected chi connectivity index (χ4v) is 3.65. The van der Waals surface area contributed by atoms with E-state index in [1.807, 2.05) is 30.3 Å². The maximum Gasteiger partial charge on any atom is 0.240 e. The summed E-state index contributed by atoms with van der Waals surface area (Å²) in [5.74, 6) is 1.31. The van der Waals surface area contributed by atoms with Gasteiger partial charge in [-0.2, -0.15) is 0 Å². The van der Waals surface area contributed by atoms with Gasteiger partial charge in [0, 0.05) is 0 Å². The molecule has 0 amide bonds. The number of fused-ring (bicyclic) bond motifs is 1. The van der Waals surface area contributed by atoms with Crippen LogP contribution in [0.25, 0.3) is 0 Å². The molecule has 1 aliphatic rings. The van der Waals surface area contributed by atoms with Crippen molar-refractivity contribution < 1.29 is 17.9 Å². The molecule has 1 unspecified atom stereocenters. The first kappa shape index (κ1) is 17.8. The summed E-state index contributed by atoms with van der Waals surface area (Å²) in [5.41, 5.74) is 1.07. The molecule has 0 saturated carbocycles. The van der Waals surface area contributed by atoms with Crippen LogP contribution >= 0.6 is 0 Å². The zero-order valence-corrected chi connectivity index (χ0v) is 15.5. The first-order valence-corrected chi connectivity index (χ1v) is 9.73. The van der Waals surface area contributed by atoms with Crippen LogP contribution in [0.2, 0.25) is 0 Å². The number of nitrogens with one attached hydrogen (secondary N) is 1. The van der Waals surface area contributed by atoms with E-state index in [1.165, 1.54) is 0 Å². The van der Waals surface area contributed by atoms with Crippen molar-refractivity contribution in [2.45, 2.75) is 37.2 Å². The Morgan fingerprint density at radius 3 is 2.32 bits per heavy atom. The Labute approximate surface area is 149 Å². The Kier molecular flexibility index (Phi) is 4.75. The van der Waals surface area contributed by atoms with E-state index in [2.05, 4.69) is 25.5 Å². The van der Waals surface area contributed by atoms with Crippen LogP contribution in [0.4, 0.5) is 0 Å². The highest BCUT2D eigenvalue weighted by molar-refractivity contribution is 7.89. The van der Waals surface area contributed by atoms with Gasteiger partial charge in [0.25, 0.3) is 0 Å². The van der Waals surface area contributed by atoms with Crippen molar-refractivity contribution in [2.75, 3.05) is 13.2 Å². The quantitative estimate of drug-likeness (QED) is 0.909. The number of benzene rings is 2. The SMILES string of the molecule is CC(C)(C)c1ccc(S(=O)(=O)NCC2COc3ccccc3O2)cc1. The van der Waals surface area contributed by atoms with Gasteiger partial charge in [-0.3, -0.25) is 0 Å². The minimum atomic E-state index is -3.58. The number of hydrogen-bond donors (Lipinski definition) is 1. The van der Waals surface area contributed by atoms with Crippen molar-refractivity contribution in [2.24, 2.45) is 0 Å². The molecule has 25 heavy (non-hydrogen) atoms. The minimum absolute atomic E-state index is 0.0175. The van der Waals surface area contributed by atoms with Crippen LogP contribution in [0.5, 0.6) is 11.5 Å². The lowest BCUT2D eigenvalue weighted by Crippen LogP contribution is -2.40. The Morgan fingerprint density at radius 2 is 1.68 bits per heavy atom. The third kappa shape index (κ3) is 4.14. The standard InChI is InChI=1S/C19H23NO4S/c1-19(2,3)14-8-10-16(11-9-14)25(21,22)20-12-15-13-23-17-6-4-5-7-18(17)24-15/h4-11,15,20H,12-13H2,1-3H3. The first-order valence-electron chi connectivity index (χ1n) is 8.24. The molecule has 3 rings (SSSR count). The average Bonchev–Trinajstić information content (AvgIpc) is 2.59. The summed E-state index contributed by atoms with van der Waals surface area (Å²) in [7, 11) is -3.58. The largest absolute Gasteiger partial charge is 0.486 e. The molecule has 1 atom stereocenters. The summed E-state index contributed by atoms with van der Waals surface area (Å²) in [6.45, 7) is 6.73. The highest BCUT2D eigenvalue weighted by Gasteiger charge is 2.23. The number of ether oxygens (including phenoxy) is 2. The average molecular weight is 361 g/mol. The van der Waals surface area contributed by atoms with Gasteiger partial charge >= 0.3 is 0 Å². The molecule has 134 valence electrons. The molecule has 2 aromatic carbocycles. The lowest BCUT2D eigenvalue weighted by molar-refractivity contribution is 0.0943. The molecular weight excluding hydrogens is 338 g/mol. The summed E-state index contributed by atoms with van der Waals surface area (Å²) in [4.78, 5) is 0.248. The van der Waals surface area contributed by atoms with Crippen LogP contribution < -0.4 is 14.2 Å². The molecule has 1 aliphatic heterocycles. The maximum absolute atomic E-state index is 12.5. The van der Waals surface area contributed by atoms with E-state index in [1.54, 1.807) is 18.2 Å². The summed E-state index contributed by atoms with van der Waals surface area (Å²) >= 11 is 0. The van der Waals surface area contributed by atoms with Gasteiger partial charge in [-0.05, 0) is 35.2 Å². The Hall–Kier alpha value is -2.05. The van der Waals surface area contributed by atoms with Crippen molar-refractivity contribution in [3.63, 3.8) is 0 Å². The third-order valence-corrected chi connectivity index (χ3v) is 5.54. The van der Waals surface area contributed by atoms with Gasteiger partial charge in [0.1, 0.15) is 12.7 Å². The maximum atomic E-state index is 12.5. The number of rotatable bonds is 4. The second-order valence-corrected chi connectivity index (χ2v) is 8.89. The zero-order valence-electron chi connectivity index (χ0n) is 14.7. The van der Waals surface area contributed by atoms with E-state index >= 15 is 0 Å². The van der Waals surface area contributed by atoms with Crippen LogP contribution in [-0.2, 0) is 15.4 Å². The van der Waals surface area contributed by atoms with Crippen LogP contribution in [-0.4, -0.2) is 27.7 Å². The third-order valence-electron chi connectivity index (χ3n) is 4.10. The van der Waals surface area contributed by atoms with Crippen molar-refractivity contribution in [3.05, 3.63) is 54.1 Å². The predicted octanol–water partition coefficient (Wildman–Crippen LogP) is 3.10. The molecule has 0 fully saturated rings. The Balaban J connectivity index is 1.65. The predicted molar refractivity (Wildman–Crippen MR) is 96.7 cm³/mol. The van der Waals surface area contributed by atoms with Crippen molar-refractivity contribution in [3.8, 4) is 11.5 Å². The van der Waals surface area contributed by atoms with Crippen LogP contribution in [0.15, 0.2) is 53.4 Å². The molecule has 6 heteroatoms. The van der Waals surface area contributed by atoms with E-state index in [9.17, 15) is 8.42 Å². The molecule has 5 nitrogen and oxygen atoms in total. The molecule has 0 bridgehead atoms. The smallest absolute Gasteiger partial charge is 0.240 e.